The first-order valence-corrected chi connectivity index (χ1v) is 6.41. The SMILES string of the molecule is Fc1ccc(Br)c(F)c1CN1CCCC(F)(F)C1. The summed E-state index contributed by atoms with van der Waals surface area (Å²) in [6, 6.07) is 2.39. The zero-order valence-corrected chi connectivity index (χ0v) is 11.1. The second-order valence-electron chi connectivity index (χ2n) is 4.49. The van der Waals surface area contributed by atoms with Crippen molar-refractivity contribution in [1.82, 2.24) is 4.90 Å². The zero-order chi connectivity index (χ0) is 13.3. The fourth-order valence-electron chi connectivity index (χ4n) is 2.12. The summed E-state index contributed by atoms with van der Waals surface area (Å²) in [6.45, 7) is -0.147. The molecule has 2 rings (SSSR count). The Kier molecular flexibility index (Phi) is 3.96. The lowest BCUT2D eigenvalue weighted by molar-refractivity contribution is -0.0665. The highest BCUT2D eigenvalue weighted by Gasteiger charge is 2.35. The van der Waals surface area contributed by atoms with Crippen molar-refractivity contribution in [2.75, 3.05) is 13.1 Å². The van der Waals surface area contributed by atoms with Crippen LogP contribution in [0.2, 0.25) is 0 Å². The predicted octanol–water partition coefficient (Wildman–Crippen LogP) is 3.96. The van der Waals surface area contributed by atoms with Crippen molar-refractivity contribution in [2.24, 2.45) is 0 Å². The number of piperidine rings is 1. The average Bonchev–Trinajstić information content (AvgIpc) is 2.28. The van der Waals surface area contributed by atoms with E-state index in [0.717, 1.165) is 6.07 Å². The van der Waals surface area contributed by atoms with Gasteiger partial charge in [0.25, 0.3) is 5.92 Å². The molecule has 1 heterocycles. The Bertz CT molecular complexity index is 450. The maximum absolute atomic E-state index is 13.7. The number of hydrogen-bond acceptors (Lipinski definition) is 1. The van der Waals surface area contributed by atoms with Crippen molar-refractivity contribution >= 4 is 15.9 Å². The monoisotopic (exact) mass is 325 g/mol. The van der Waals surface area contributed by atoms with Gasteiger partial charge in [-0.05, 0) is 41.0 Å². The summed E-state index contributed by atoms with van der Waals surface area (Å²) in [5.74, 6) is -4.19. The molecule has 0 atom stereocenters. The molecule has 18 heavy (non-hydrogen) atoms. The molecule has 1 aliphatic rings. The molecular formula is C12H12BrF4N. The number of hydrogen-bond donors (Lipinski definition) is 0. The van der Waals surface area contributed by atoms with Crippen LogP contribution in [-0.4, -0.2) is 23.9 Å². The van der Waals surface area contributed by atoms with Crippen LogP contribution in [-0.2, 0) is 6.54 Å². The Morgan fingerprint density at radius 3 is 2.67 bits per heavy atom. The van der Waals surface area contributed by atoms with E-state index in [4.69, 9.17) is 0 Å². The van der Waals surface area contributed by atoms with Gasteiger partial charge in [-0.1, -0.05) is 0 Å². The number of rotatable bonds is 2. The molecule has 1 saturated heterocycles. The van der Waals surface area contributed by atoms with Crippen LogP contribution in [0.5, 0.6) is 0 Å². The molecule has 6 heteroatoms. The molecule has 1 fully saturated rings. The highest BCUT2D eigenvalue weighted by Crippen LogP contribution is 2.29. The minimum absolute atomic E-state index is 0.132. The van der Waals surface area contributed by atoms with Crippen LogP contribution in [0.3, 0.4) is 0 Å². The summed E-state index contributed by atoms with van der Waals surface area (Å²) < 4.78 is 53.8. The molecule has 1 aromatic rings. The Morgan fingerprint density at radius 1 is 1.28 bits per heavy atom. The van der Waals surface area contributed by atoms with E-state index >= 15 is 0 Å². The van der Waals surface area contributed by atoms with Gasteiger partial charge in [-0.25, -0.2) is 17.6 Å². The van der Waals surface area contributed by atoms with E-state index in [1.165, 1.54) is 11.0 Å². The van der Waals surface area contributed by atoms with Gasteiger partial charge < -0.3 is 0 Å². The molecule has 0 saturated carbocycles. The Labute approximate surface area is 111 Å². The van der Waals surface area contributed by atoms with E-state index in [0.29, 0.717) is 13.0 Å². The van der Waals surface area contributed by atoms with Crippen molar-refractivity contribution in [2.45, 2.75) is 25.3 Å². The molecule has 1 aliphatic heterocycles. The highest BCUT2D eigenvalue weighted by atomic mass is 79.9. The summed E-state index contributed by atoms with van der Waals surface area (Å²) in [6.07, 6.45) is 0.178. The largest absolute Gasteiger partial charge is 0.293 e. The van der Waals surface area contributed by atoms with Gasteiger partial charge in [-0.3, -0.25) is 4.90 Å². The van der Waals surface area contributed by atoms with Crippen molar-refractivity contribution in [3.63, 3.8) is 0 Å². The summed E-state index contributed by atoms with van der Waals surface area (Å²) in [4.78, 5) is 1.39. The number of likely N-dealkylation sites (tertiary alicyclic amines) is 1. The van der Waals surface area contributed by atoms with Crippen molar-refractivity contribution in [3.8, 4) is 0 Å². The van der Waals surface area contributed by atoms with Crippen LogP contribution in [0.25, 0.3) is 0 Å². The van der Waals surface area contributed by atoms with Gasteiger partial charge in [-0.2, -0.15) is 0 Å². The molecule has 0 N–H and O–H groups in total. The van der Waals surface area contributed by atoms with Gasteiger partial charge in [-0.15, -0.1) is 0 Å². The van der Waals surface area contributed by atoms with E-state index in [2.05, 4.69) is 15.9 Å². The quantitative estimate of drug-likeness (QED) is 0.587. The Hall–Kier alpha value is -0.620. The van der Waals surface area contributed by atoms with E-state index in [-0.39, 0.29) is 23.0 Å². The molecule has 100 valence electrons. The first kappa shape index (κ1) is 13.8. The zero-order valence-electron chi connectivity index (χ0n) is 9.53. The molecule has 0 bridgehead atoms. The average molecular weight is 326 g/mol. The predicted molar refractivity (Wildman–Crippen MR) is 63.5 cm³/mol. The van der Waals surface area contributed by atoms with E-state index in [1.807, 2.05) is 0 Å². The van der Waals surface area contributed by atoms with Crippen molar-refractivity contribution < 1.29 is 17.6 Å². The maximum Gasteiger partial charge on any atom is 0.260 e. The van der Waals surface area contributed by atoms with E-state index < -0.39 is 24.1 Å². The molecule has 0 aliphatic carbocycles. The van der Waals surface area contributed by atoms with Gasteiger partial charge >= 0.3 is 0 Å². The smallest absolute Gasteiger partial charge is 0.260 e. The topological polar surface area (TPSA) is 3.24 Å². The lowest BCUT2D eigenvalue weighted by Crippen LogP contribution is -2.42. The number of halogens is 5. The van der Waals surface area contributed by atoms with E-state index in [9.17, 15) is 17.6 Å². The van der Waals surface area contributed by atoms with Gasteiger partial charge in [0.15, 0.2) is 0 Å². The molecule has 0 radical (unpaired) electrons. The minimum Gasteiger partial charge on any atom is -0.293 e. The van der Waals surface area contributed by atoms with E-state index in [1.54, 1.807) is 0 Å². The molecule has 0 unspecified atom stereocenters. The number of nitrogens with zero attached hydrogens (tertiary/aromatic N) is 1. The third kappa shape index (κ3) is 3.03. The third-order valence-electron chi connectivity index (χ3n) is 2.99. The summed E-state index contributed by atoms with van der Waals surface area (Å²) in [5, 5.41) is 0. The summed E-state index contributed by atoms with van der Waals surface area (Å²) in [5.41, 5.74) is -0.165. The Morgan fingerprint density at radius 2 is 2.00 bits per heavy atom. The highest BCUT2D eigenvalue weighted by molar-refractivity contribution is 9.10. The molecule has 1 nitrogen and oxygen atoms in total. The lowest BCUT2D eigenvalue weighted by atomic mass is 10.1. The number of benzene rings is 1. The molecule has 0 spiro atoms. The first-order valence-electron chi connectivity index (χ1n) is 5.61. The van der Waals surface area contributed by atoms with Crippen LogP contribution in [0, 0.1) is 11.6 Å². The maximum atomic E-state index is 13.7. The number of alkyl halides is 2. The normalized spacial score (nSPS) is 20.1. The van der Waals surface area contributed by atoms with Crippen LogP contribution >= 0.6 is 15.9 Å². The Balaban J connectivity index is 2.17. The third-order valence-corrected chi connectivity index (χ3v) is 3.60. The molecule has 1 aromatic carbocycles. The lowest BCUT2D eigenvalue weighted by Gasteiger charge is -2.32. The summed E-state index contributed by atoms with van der Waals surface area (Å²) in [7, 11) is 0. The van der Waals surface area contributed by atoms with Crippen LogP contribution < -0.4 is 0 Å². The standard InChI is InChI=1S/C12H12BrF4N/c13-9-2-3-10(14)8(11(9)15)6-18-5-1-4-12(16,17)7-18/h2-3H,1,4-7H2. The van der Waals surface area contributed by atoms with Crippen LogP contribution in [0.15, 0.2) is 16.6 Å². The van der Waals surface area contributed by atoms with Crippen LogP contribution in [0.1, 0.15) is 18.4 Å². The van der Waals surface area contributed by atoms with Gasteiger partial charge in [0.1, 0.15) is 11.6 Å². The molecular weight excluding hydrogens is 314 g/mol. The summed E-state index contributed by atoms with van der Waals surface area (Å²) >= 11 is 2.96. The molecule has 0 aromatic heterocycles. The fourth-order valence-corrected chi connectivity index (χ4v) is 2.49. The van der Waals surface area contributed by atoms with Crippen LogP contribution in [0.4, 0.5) is 17.6 Å². The minimum atomic E-state index is -2.77. The van der Waals surface area contributed by atoms with Crippen molar-refractivity contribution in [3.05, 3.63) is 33.8 Å². The van der Waals surface area contributed by atoms with Gasteiger partial charge in [0.2, 0.25) is 0 Å². The fraction of sp³-hybridized carbons (Fsp3) is 0.500. The second kappa shape index (κ2) is 5.17. The van der Waals surface area contributed by atoms with Gasteiger partial charge in [0.05, 0.1) is 11.0 Å². The molecule has 0 amide bonds. The van der Waals surface area contributed by atoms with Gasteiger partial charge in [0, 0.05) is 18.5 Å². The first-order chi connectivity index (χ1) is 8.39. The second-order valence-corrected chi connectivity index (χ2v) is 5.35. The van der Waals surface area contributed by atoms with Crippen molar-refractivity contribution in [1.29, 1.82) is 0 Å².